The van der Waals surface area contributed by atoms with E-state index in [1.807, 2.05) is 6.07 Å². The third-order valence-corrected chi connectivity index (χ3v) is 4.98. The molecular formula is C18H21BrN2O3. The number of aromatic hydroxyl groups is 1. The van der Waals surface area contributed by atoms with Gasteiger partial charge in [-0.25, -0.2) is 0 Å². The molecule has 1 fully saturated rings. The molecule has 1 aromatic rings. The van der Waals surface area contributed by atoms with Crippen molar-refractivity contribution in [2.24, 2.45) is 5.92 Å². The molecule has 1 amide bonds. The minimum atomic E-state index is -0.362. The van der Waals surface area contributed by atoms with E-state index in [9.17, 15) is 15.2 Å². The number of nitriles is 1. The van der Waals surface area contributed by atoms with Crippen molar-refractivity contribution in [2.45, 2.75) is 38.6 Å². The number of hydrogen-bond donors (Lipinski definition) is 2. The first kappa shape index (κ1) is 18.3. The number of rotatable bonds is 4. The van der Waals surface area contributed by atoms with Gasteiger partial charge in [0.25, 0.3) is 5.91 Å². The summed E-state index contributed by atoms with van der Waals surface area (Å²) < 4.78 is 5.52. The van der Waals surface area contributed by atoms with E-state index in [4.69, 9.17) is 4.74 Å². The number of phenols is 1. The highest BCUT2D eigenvalue weighted by Gasteiger charge is 2.24. The van der Waals surface area contributed by atoms with E-state index in [1.54, 1.807) is 12.1 Å². The van der Waals surface area contributed by atoms with E-state index in [-0.39, 0.29) is 29.0 Å². The van der Waals surface area contributed by atoms with Gasteiger partial charge in [-0.3, -0.25) is 4.79 Å². The van der Waals surface area contributed by atoms with Crippen LogP contribution in [0.2, 0.25) is 0 Å². The van der Waals surface area contributed by atoms with Crippen LogP contribution in [0.15, 0.2) is 22.2 Å². The Hall–Kier alpha value is -2.00. The summed E-state index contributed by atoms with van der Waals surface area (Å²) in [6.45, 7) is 2.13. The number of phenolic OH excluding ortho intramolecular Hbond substituents is 1. The predicted molar refractivity (Wildman–Crippen MR) is 95.5 cm³/mol. The first-order valence-corrected chi connectivity index (χ1v) is 8.74. The second-order valence-electron chi connectivity index (χ2n) is 6.07. The number of carbonyl (C=O) groups is 1. The zero-order valence-corrected chi connectivity index (χ0v) is 15.4. The SMILES string of the molecule is COc1cc(/C=C(\C#N)C(=O)NC2CCCCC2C)cc(Br)c1O. The molecule has 2 atom stereocenters. The molecule has 1 aliphatic rings. The van der Waals surface area contributed by atoms with Crippen molar-refractivity contribution in [1.82, 2.24) is 5.32 Å². The molecule has 0 heterocycles. The second-order valence-corrected chi connectivity index (χ2v) is 6.92. The molecule has 5 nitrogen and oxygen atoms in total. The Bertz CT molecular complexity index is 694. The highest BCUT2D eigenvalue weighted by atomic mass is 79.9. The third-order valence-electron chi connectivity index (χ3n) is 4.37. The lowest BCUT2D eigenvalue weighted by Gasteiger charge is -2.29. The van der Waals surface area contributed by atoms with Crippen LogP contribution in [0.4, 0.5) is 0 Å². The summed E-state index contributed by atoms with van der Waals surface area (Å²) in [5.74, 6) is 0.313. The molecule has 0 bridgehead atoms. The predicted octanol–water partition coefficient (Wildman–Crippen LogP) is 3.77. The lowest BCUT2D eigenvalue weighted by molar-refractivity contribution is -0.118. The number of ether oxygens (including phenoxy) is 1. The second kappa shape index (κ2) is 8.20. The molecular weight excluding hydrogens is 372 g/mol. The molecule has 0 aromatic heterocycles. The summed E-state index contributed by atoms with van der Waals surface area (Å²) in [4.78, 5) is 12.4. The Morgan fingerprint density at radius 2 is 2.17 bits per heavy atom. The van der Waals surface area contributed by atoms with Crippen LogP contribution in [0.25, 0.3) is 6.08 Å². The van der Waals surface area contributed by atoms with Gasteiger partial charge >= 0.3 is 0 Å². The normalized spacial score (nSPS) is 21.0. The first-order valence-electron chi connectivity index (χ1n) is 7.95. The van der Waals surface area contributed by atoms with Crippen molar-refractivity contribution < 1.29 is 14.6 Å². The van der Waals surface area contributed by atoms with Gasteiger partial charge in [-0.05, 0) is 58.5 Å². The topological polar surface area (TPSA) is 82.3 Å². The molecule has 2 unspecified atom stereocenters. The molecule has 1 aromatic carbocycles. The molecule has 2 rings (SSSR count). The van der Waals surface area contributed by atoms with Crippen molar-refractivity contribution in [1.29, 1.82) is 5.26 Å². The van der Waals surface area contributed by atoms with Gasteiger partial charge in [0, 0.05) is 6.04 Å². The van der Waals surface area contributed by atoms with Gasteiger partial charge in [0.05, 0.1) is 11.6 Å². The molecule has 2 N–H and O–H groups in total. The molecule has 0 spiro atoms. The van der Waals surface area contributed by atoms with Gasteiger partial charge in [-0.1, -0.05) is 19.8 Å². The van der Waals surface area contributed by atoms with Gasteiger partial charge in [0.2, 0.25) is 0 Å². The monoisotopic (exact) mass is 392 g/mol. The number of hydrogen-bond acceptors (Lipinski definition) is 4. The van der Waals surface area contributed by atoms with E-state index in [0.717, 1.165) is 19.3 Å². The zero-order valence-electron chi connectivity index (χ0n) is 13.8. The van der Waals surface area contributed by atoms with Crippen molar-refractivity contribution >= 4 is 27.9 Å². The Balaban J connectivity index is 2.21. The Morgan fingerprint density at radius 1 is 1.46 bits per heavy atom. The number of amides is 1. The number of benzene rings is 1. The minimum absolute atomic E-state index is 0.0198. The maximum atomic E-state index is 12.4. The molecule has 1 saturated carbocycles. The highest BCUT2D eigenvalue weighted by molar-refractivity contribution is 9.10. The van der Waals surface area contributed by atoms with Gasteiger partial charge in [-0.15, -0.1) is 0 Å². The van der Waals surface area contributed by atoms with Crippen molar-refractivity contribution in [3.63, 3.8) is 0 Å². The van der Waals surface area contributed by atoms with Crippen LogP contribution >= 0.6 is 15.9 Å². The lowest BCUT2D eigenvalue weighted by Crippen LogP contribution is -2.41. The van der Waals surface area contributed by atoms with E-state index >= 15 is 0 Å². The van der Waals surface area contributed by atoms with Gasteiger partial charge in [0.15, 0.2) is 11.5 Å². The fraction of sp³-hybridized carbons (Fsp3) is 0.444. The average molecular weight is 393 g/mol. The number of halogens is 1. The largest absolute Gasteiger partial charge is 0.503 e. The third kappa shape index (κ3) is 4.30. The molecule has 0 radical (unpaired) electrons. The summed E-state index contributed by atoms with van der Waals surface area (Å²) in [5, 5.41) is 22.1. The smallest absolute Gasteiger partial charge is 0.262 e. The molecule has 0 aliphatic heterocycles. The standard InChI is InChI=1S/C18H21BrN2O3/c1-11-5-3-4-6-15(11)21-18(23)13(10-20)7-12-8-14(19)17(22)16(9-12)24-2/h7-9,11,15,22H,3-6H2,1-2H3,(H,21,23)/b13-7+. The van der Waals surface area contributed by atoms with Crippen LogP contribution < -0.4 is 10.1 Å². The maximum Gasteiger partial charge on any atom is 0.262 e. The van der Waals surface area contributed by atoms with Crippen LogP contribution in [0.5, 0.6) is 11.5 Å². The van der Waals surface area contributed by atoms with Crippen LogP contribution in [-0.2, 0) is 4.79 Å². The van der Waals surface area contributed by atoms with E-state index in [0.29, 0.717) is 16.0 Å². The van der Waals surface area contributed by atoms with E-state index in [2.05, 4.69) is 28.2 Å². The minimum Gasteiger partial charge on any atom is -0.503 e. The Kier molecular flexibility index (Phi) is 6.27. The van der Waals surface area contributed by atoms with Crippen LogP contribution in [0.1, 0.15) is 38.2 Å². The Morgan fingerprint density at radius 3 is 2.79 bits per heavy atom. The van der Waals surface area contributed by atoms with Crippen molar-refractivity contribution in [3.05, 3.63) is 27.7 Å². The van der Waals surface area contributed by atoms with Gasteiger partial charge in [0.1, 0.15) is 11.6 Å². The number of carbonyl (C=O) groups excluding carboxylic acids is 1. The van der Waals surface area contributed by atoms with E-state index in [1.165, 1.54) is 19.6 Å². The maximum absolute atomic E-state index is 12.4. The summed E-state index contributed by atoms with van der Waals surface area (Å²) in [5.41, 5.74) is 0.632. The summed E-state index contributed by atoms with van der Waals surface area (Å²) in [6.07, 6.45) is 5.83. The fourth-order valence-corrected chi connectivity index (χ4v) is 3.38. The van der Waals surface area contributed by atoms with Gasteiger partial charge in [-0.2, -0.15) is 5.26 Å². The molecule has 24 heavy (non-hydrogen) atoms. The summed E-state index contributed by atoms with van der Waals surface area (Å²) >= 11 is 3.23. The first-order chi connectivity index (χ1) is 11.5. The van der Waals surface area contributed by atoms with Crippen molar-refractivity contribution in [2.75, 3.05) is 7.11 Å². The van der Waals surface area contributed by atoms with Crippen LogP contribution in [-0.4, -0.2) is 24.2 Å². The molecule has 128 valence electrons. The fourth-order valence-electron chi connectivity index (χ4n) is 2.92. The van der Waals surface area contributed by atoms with Crippen LogP contribution in [0.3, 0.4) is 0 Å². The molecule has 1 aliphatic carbocycles. The average Bonchev–Trinajstić information content (AvgIpc) is 2.57. The zero-order chi connectivity index (χ0) is 17.7. The number of methoxy groups -OCH3 is 1. The van der Waals surface area contributed by atoms with Crippen LogP contribution in [0, 0.1) is 17.2 Å². The van der Waals surface area contributed by atoms with E-state index < -0.39 is 0 Å². The number of nitrogens with one attached hydrogen (secondary N) is 1. The van der Waals surface area contributed by atoms with Gasteiger partial charge < -0.3 is 15.2 Å². The summed E-state index contributed by atoms with van der Waals surface area (Å²) in [6, 6.07) is 5.28. The van der Waals surface area contributed by atoms with Crippen molar-refractivity contribution in [3.8, 4) is 17.6 Å². The molecule has 0 saturated heterocycles. The lowest BCUT2D eigenvalue weighted by atomic mass is 9.86. The quantitative estimate of drug-likeness (QED) is 0.603. The molecule has 6 heteroatoms. The number of nitrogens with zero attached hydrogens (tertiary/aromatic N) is 1. The Labute approximate surface area is 150 Å². The summed E-state index contributed by atoms with van der Waals surface area (Å²) in [7, 11) is 1.44. The highest BCUT2D eigenvalue weighted by Crippen LogP contribution is 2.35.